The van der Waals surface area contributed by atoms with Crippen molar-refractivity contribution >= 4 is 27.6 Å². The van der Waals surface area contributed by atoms with Gasteiger partial charge in [-0.3, -0.25) is 0 Å². The summed E-state index contributed by atoms with van der Waals surface area (Å²) >= 11 is 3.43. The van der Waals surface area contributed by atoms with E-state index in [2.05, 4.69) is 26.1 Å². The summed E-state index contributed by atoms with van der Waals surface area (Å²) in [5.74, 6) is 0.170. The lowest BCUT2D eigenvalue weighted by Crippen LogP contribution is -2.09. The van der Waals surface area contributed by atoms with Gasteiger partial charge < -0.3 is 14.1 Å². The molecule has 0 radical (unpaired) electrons. The van der Waals surface area contributed by atoms with Gasteiger partial charge >= 0.3 is 5.97 Å². The van der Waals surface area contributed by atoms with Crippen LogP contribution < -0.4 is 4.90 Å². The van der Waals surface area contributed by atoms with Gasteiger partial charge in [0.15, 0.2) is 6.61 Å². The fourth-order valence-corrected chi connectivity index (χ4v) is 2.62. The molecule has 3 rings (SSSR count). The largest absolute Gasteiger partial charge is 0.452 e. The van der Waals surface area contributed by atoms with E-state index in [0.29, 0.717) is 11.5 Å². The van der Waals surface area contributed by atoms with Crippen LogP contribution in [0.1, 0.15) is 16.2 Å². The molecule has 7 heteroatoms. The molecule has 128 valence electrons. The highest BCUT2D eigenvalue weighted by Gasteiger charge is 2.14. The minimum absolute atomic E-state index is 0.0777. The molecule has 0 aliphatic rings. The van der Waals surface area contributed by atoms with E-state index in [1.165, 1.54) is 0 Å². The van der Waals surface area contributed by atoms with Gasteiger partial charge in [-0.1, -0.05) is 12.1 Å². The van der Waals surface area contributed by atoms with Crippen LogP contribution in [-0.4, -0.2) is 30.3 Å². The van der Waals surface area contributed by atoms with Crippen molar-refractivity contribution in [3.05, 3.63) is 64.5 Å². The molecule has 1 heterocycles. The summed E-state index contributed by atoms with van der Waals surface area (Å²) < 4.78 is 11.6. The van der Waals surface area contributed by atoms with Crippen LogP contribution in [0.3, 0.4) is 0 Å². The highest BCUT2D eigenvalue weighted by molar-refractivity contribution is 9.10. The molecule has 0 saturated carbocycles. The highest BCUT2D eigenvalue weighted by Crippen LogP contribution is 2.26. The van der Waals surface area contributed by atoms with Gasteiger partial charge in [0.2, 0.25) is 5.89 Å². The Kier molecular flexibility index (Phi) is 5.14. The number of esters is 1. The Morgan fingerprint density at radius 3 is 2.52 bits per heavy atom. The van der Waals surface area contributed by atoms with Gasteiger partial charge in [-0.2, -0.15) is 0 Å². The summed E-state index contributed by atoms with van der Waals surface area (Å²) in [5.41, 5.74) is 2.26. The van der Waals surface area contributed by atoms with Gasteiger partial charge in [-0.15, -0.1) is 10.2 Å². The Bertz CT molecular complexity index is 875. The number of aromatic nitrogens is 2. The predicted molar refractivity (Wildman–Crippen MR) is 97.3 cm³/mol. The number of halogens is 1. The average Bonchev–Trinajstić information content (AvgIpc) is 3.09. The normalized spacial score (nSPS) is 10.5. The number of hydrogen-bond acceptors (Lipinski definition) is 6. The summed E-state index contributed by atoms with van der Waals surface area (Å²) in [6.07, 6.45) is 0. The first-order chi connectivity index (χ1) is 12.0. The van der Waals surface area contributed by atoms with Crippen molar-refractivity contribution in [3.63, 3.8) is 0 Å². The number of ether oxygens (including phenoxy) is 1. The zero-order valence-corrected chi connectivity index (χ0v) is 15.4. The van der Waals surface area contributed by atoms with E-state index in [4.69, 9.17) is 9.15 Å². The molecular formula is C18H16BrN3O3. The zero-order chi connectivity index (χ0) is 17.8. The second-order valence-corrected chi connectivity index (χ2v) is 6.35. The molecule has 1 aromatic heterocycles. The lowest BCUT2D eigenvalue weighted by Gasteiger charge is -2.12. The average molecular weight is 402 g/mol. The van der Waals surface area contributed by atoms with Gasteiger partial charge in [0, 0.05) is 24.3 Å². The maximum absolute atomic E-state index is 12.1. The van der Waals surface area contributed by atoms with Crippen LogP contribution in [0.5, 0.6) is 0 Å². The van der Waals surface area contributed by atoms with Crippen molar-refractivity contribution in [1.82, 2.24) is 10.2 Å². The molecule has 0 N–H and O–H groups in total. The van der Waals surface area contributed by atoms with Crippen LogP contribution in [0.25, 0.3) is 11.5 Å². The number of carbonyl (C=O) groups excluding carboxylic acids is 1. The summed E-state index contributed by atoms with van der Waals surface area (Å²) in [6, 6.07) is 14.7. The number of benzene rings is 2. The highest BCUT2D eigenvalue weighted by atomic mass is 79.9. The number of nitrogens with zero attached hydrogens (tertiary/aromatic N) is 3. The van der Waals surface area contributed by atoms with E-state index in [-0.39, 0.29) is 12.5 Å². The van der Waals surface area contributed by atoms with Crippen LogP contribution >= 0.6 is 15.9 Å². The summed E-state index contributed by atoms with van der Waals surface area (Å²) in [7, 11) is 3.87. The minimum atomic E-state index is -0.439. The van der Waals surface area contributed by atoms with Gasteiger partial charge in [0.05, 0.1) is 11.1 Å². The number of carbonyl (C=O) groups is 1. The van der Waals surface area contributed by atoms with E-state index in [1.807, 2.05) is 55.4 Å². The molecular weight excluding hydrogens is 386 g/mol. The lowest BCUT2D eigenvalue weighted by molar-refractivity contribution is 0.0438. The summed E-state index contributed by atoms with van der Waals surface area (Å²) in [6.45, 7) is -0.0777. The maximum atomic E-state index is 12.1. The fraction of sp³-hybridized carbons (Fsp3) is 0.167. The predicted octanol–water partition coefficient (Wildman–Crippen LogP) is 3.92. The van der Waals surface area contributed by atoms with Gasteiger partial charge in [0.25, 0.3) is 5.89 Å². The Hall–Kier alpha value is -2.67. The molecule has 25 heavy (non-hydrogen) atoms. The first-order valence-electron chi connectivity index (χ1n) is 7.56. The maximum Gasteiger partial charge on any atom is 0.338 e. The van der Waals surface area contributed by atoms with Crippen LogP contribution in [0, 0.1) is 0 Å². The van der Waals surface area contributed by atoms with Crippen LogP contribution in [0.4, 0.5) is 5.69 Å². The SMILES string of the molecule is CN(C)c1ccc(C(=O)OCc2nnc(-c3ccccc3Br)o2)cc1. The third-order valence-electron chi connectivity index (χ3n) is 3.52. The van der Waals surface area contributed by atoms with Gasteiger partial charge in [-0.25, -0.2) is 4.79 Å². The van der Waals surface area contributed by atoms with E-state index in [1.54, 1.807) is 12.1 Å². The Morgan fingerprint density at radius 1 is 1.12 bits per heavy atom. The van der Waals surface area contributed by atoms with E-state index in [0.717, 1.165) is 15.7 Å². The van der Waals surface area contributed by atoms with Crippen LogP contribution in [0.2, 0.25) is 0 Å². The van der Waals surface area contributed by atoms with Crippen LogP contribution in [-0.2, 0) is 11.3 Å². The minimum Gasteiger partial charge on any atom is -0.452 e. The van der Waals surface area contributed by atoms with Crippen LogP contribution in [0.15, 0.2) is 57.4 Å². The molecule has 0 aliphatic heterocycles. The number of anilines is 1. The summed E-state index contributed by atoms with van der Waals surface area (Å²) in [4.78, 5) is 14.1. The molecule has 0 bridgehead atoms. The van der Waals surface area contributed by atoms with E-state index < -0.39 is 5.97 Å². The molecule has 0 aliphatic carbocycles. The fourth-order valence-electron chi connectivity index (χ4n) is 2.16. The van der Waals surface area contributed by atoms with E-state index in [9.17, 15) is 4.79 Å². The third-order valence-corrected chi connectivity index (χ3v) is 4.21. The quantitative estimate of drug-likeness (QED) is 0.603. The molecule has 6 nitrogen and oxygen atoms in total. The molecule has 0 fully saturated rings. The molecule has 0 unspecified atom stereocenters. The Labute approximate surface area is 153 Å². The first kappa shape index (κ1) is 17.2. The zero-order valence-electron chi connectivity index (χ0n) is 13.8. The summed E-state index contributed by atoms with van der Waals surface area (Å²) in [5, 5.41) is 7.90. The second kappa shape index (κ2) is 7.48. The van der Waals surface area contributed by atoms with Gasteiger partial charge in [0.1, 0.15) is 0 Å². The topological polar surface area (TPSA) is 68.5 Å². The molecule has 0 atom stereocenters. The number of hydrogen-bond donors (Lipinski definition) is 0. The molecule has 0 spiro atoms. The van der Waals surface area contributed by atoms with Crippen molar-refractivity contribution < 1.29 is 13.9 Å². The monoisotopic (exact) mass is 401 g/mol. The molecule has 2 aromatic carbocycles. The second-order valence-electron chi connectivity index (χ2n) is 5.50. The van der Waals surface area contributed by atoms with Gasteiger partial charge in [-0.05, 0) is 52.3 Å². The van der Waals surface area contributed by atoms with Crippen molar-refractivity contribution in [2.24, 2.45) is 0 Å². The van der Waals surface area contributed by atoms with Crippen molar-refractivity contribution in [1.29, 1.82) is 0 Å². The molecule has 0 saturated heterocycles. The molecule has 3 aromatic rings. The van der Waals surface area contributed by atoms with Crippen molar-refractivity contribution in [2.75, 3.05) is 19.0 Å². The Balaban J connectivity index is 1.64. The third kappa shape index (κ3) is 4.06. The standard InChI is InChI=1S/C18H16BrN3O3/c1-22(2)13-9-7-12(8-10-13)18(23)24-11-16-20-21-17(25-16)14-5-3-4-6-15(14)19/h3-10H,11H2,1-2H3. The smallest absolute Gasteiger partial charge is 0.338 e. The Morgan fingerprint density at radius 2 is 1.84 bits per heavy atom. The van der Waals surface area contributed by atoms with E-state index >= 15 is 0 Å². The van der Waals surface area contributed by atoms with Crippen molar-refractivity contribution in [2.45, 2.75) is 6.61 Å². The first-order valence-corrected chi connectivity index (χ1v) is 8.35. The molecule has 0 amide bonds. The van der Waals surface area contributed by atoms with Crippen molar-refractivity contribution in [3.8, 4) is 11.5 Å². The lowest BCUT2D eigenvalue weighted by atomic mass is 10.2. The number of rotatable bonds is 5.